The molecule has 0 aliphatic rings. The van der Waals surface area contributed by atoms with Crippen LogP contribution in [-0.2, 0) is 6.42 Å². The van der Waals surface area contributed by atoms with E-state index >= 15 is 0 Å². The van der Waals surface area contributed by atoms with Crippen LogP contribution in [0.1, 0.15) is 16.8 Å². The number of fused-ring (bicyclic) bond motifs is 1. The fourth-order valence-electron chi connectivity index (χ4n) is 2.57. The van der Waals surface area contributed by atoms with E-state index < -0.39 is 0 Å². The standard InChI is InChI=1S/C17H15BrFNO/c1-10-14(15-8-12(19)4-6-17(15)20-10)7-11-3-5-13(21-2)9-16(11)18/h3-6,8-9,20H,7H2,1-2H3. The maximum atomic E-state index is 13.5. The number of H-pyrrole nitrogens is 1. The molecule has 0 aliphatic carbocycles. The van der Waals surface area contributed by atoms with Crippen molar-refractivity contribution < 1.29 is 9.13 Å². The van der Waals surface area contributed by atoms with Crippen molar-refractivity contribution in [2.75, 3.05) is 7.11 Å². The summed E-state index contributed by atoms with van der Waals surface area (Å²) < 4.78 is 19.7. The molecule has 3 aromatic rings. The van der Waals surface area contributed by atoms with E-state index in [4.69, 9.17) is 4.74 Å². The zero-order chi connectivity index (χ0) is 15.0. The van der Waals surface area contributed by atoms with Gasteiger partial charge in [-0.2, -0.15) is 0 Å². The Balaban J connectivity index is 2.05. The minimum Gasteiger partial charge on any atom is -0.497 e. The number of hydrogen-bond acceptors (Lipinski definition) is 1. The molecule has 0 amide bonds. The van der Waals surface area contributed by atoms with Gasteiger partial charge in [-0.05, 0) is 48.4 Å². The SMILES string of the molecule is COc1ccc(Cc2c(C)[nH]c3ccc(F)cc23)c(Br)c1. The molecule has 1 aromatic heterocycles. The molecular formula is C17H15BrFNO. The van der Waals surface area contributed by atoms with Crippen molar-refractivity contribution in [3.63, 3.8) is 0 Å². The topological polar surface area (TPSA) is 25.0 Å². The summed E-state index contributed by atoms with van der Waals surface area (Å²) in [6.45, 7) is 2.02. The highest BCUT2D eigenvalue weighted by atomic mass is 79.9. The first-order chi connectivity index (χ1) is 10.1. The highest BCUT2D eigenvalue weighted by molar-refractivity contribution is 9.10. The Labute approximate surface area is 131 Å². The Hall–Kier alpha value is -1.81. The number of aromatic nitrogens is 1. The third-order valence-corrected chi connectivity index (χ3v) is 4.45. The van der Waals surface area contributed by atoms with Crippen LogP contribution < -0.4 is 4.74 Å². The van der Waals surface area contributed by atoms with E-state index in [1.807, 2.05) is 25.1 Å². The largest absolute Gasteiger partial charge is 0.497 e. The van der Waals surface area contributed by atoms with Crippen molar-refractivity contribution >= 4 is 26.8 Å². The third-order valence-electron chi connectivity index (χ3n) is 3.71. The number of aromatic amines is 1. The summed E-state index contributed by atoms with van der Waals surface area (Å²) >= 11 is 3.57. The van der Waals surface area contributed by atoms with Gasteiger partial charge in [-0.3, -0.25) is 0 Å². The average molecular weight is 348 g/mol. The fourth-order valence-corrected chi connectivity index (χ4v) is 3.07. The summed E-state index contributed by atoms with van der Waals surface area (Å²) in [6, 6.07) is 10.8. The lowest BCUT2D eigenvalue weighted by Gasteiger charge is -2.07. The highest BCUT2D eigenvalue weighted by Gasteiger charge is 2.12. The van der Waals surface area contributed by atoms with Gasteiger partial charge in [0.1, 0.15) is 11.6 Å². The predicted octanol–water partition coefficient (Wildman–Crippen LogP) is 4.98. The normalized spacial score (nSPS) is 11.0. The van der Waals surface area contributed by atoms with Crippen molar-refractivity contribution in [1.29, 1.82) is 0 Å². The van der Waals surface area contributed by atoms with Crippen LogP contribution in [0.15, 0.2) is 40.9 Å². The molecular weight excluding hydrogens is 333 g/mol. The summed E-state index contributed by atoms with van der Waals surface area (Å²) in [4.78, 5) is 3.31. The zero-order valence-corrected chi connectivity index (χ0v) is 13.4. The molecule has 0 saturated heterocycles. The lowest BCUT2D eigenvalue weighted by Crippen LogP contribution is -1.92. The zero-order valence-electron chi connectivity index (χ0n) is 11.8. The van der Waals surface area contributed by atoms with Gasteiger partial charge in [0.2, 0.25) is 0 Å². The van der Waals surface area contributed by atoms with Crippen molar-refractivity contribution in [2.45, 2.75) is 13.3 Å². The van der Waals surface area contributed by atoms with Crippen LogP contribution >= 0.6 is 15.9 Å². The molecule has 3 rings (SSSR count). The molecule has 0 radical (unpaired) electrons. The number of aryl methyl sites for hydroxylation is 1. The second kappa shape index (κ2) is 5.53. The first-order valence-electron chi connectivity index (χ1n) is 6.67. The molecule has 0 unspecified atom stereocenters. The van der Waals surface area contributed by atoms with Crippen molar-refractivity contribution in [3.05, 3.63) is 63.5 Å². The van der Waals surface area contributed by atoms with Gasteiger partial charge in [0.15, 0.2) is 0 Å². The predicted molar refractivity (Wildman–Crippen MR) is 86.5 cm³/mol. The van der Waals surface area contributed by atoms with Gasteiger partial charge in [0.25, 0.3) is 0 Å². The number of rotatable bonds is 3. The summed E-state index contributed by atoms with van der Waals surface area (Å²) in [7, 11) is 1.65. The maximum absolute atomic E-state index is 13.5. The minimum atomic E-state index is -0.212. The van der Waals surface area contributed by atoms with E-state index in [2.05, 4.69) is 20.9 Å². The van der Waals surface area contributed by atoms with Crippen LogP contribution in [0.25, 0.3) is 10.9 Å². The molecule has 4 heteroatoms. The Morgan fingerprint density at radius 1 is 1.19 bits per heavy atom. The summed E-state index contributed by atoms with van der Waals surface area (Å²) in [5, 5.41) is 0.940. The molecule has 2 nitrogen and oxygen atoms in total. The molecule has 2 aromatic carbocycles. The van der Waals surface area contributed by atoms with E-state index in [1.165, 1.54) is 6.07 Å². The Kier molecular flexibility index (Phi) is 3.72. The Bertz CT molecular complexity index is 810. The molecule has 0 fully saturated rings. The van der Waals surface area contributed by atoms with Crippen LogP contribution in [0, 0.1) is 12.7 Å². The van der Waals surface area contributed by atoms with Crippen molar-refractivity contribution in [1.82, 2.24) is 4.98 Å². The van der Waals surface area contributed by atoms with E-state index in [9.17, 15) is 4.39 Å². The minimum absolute atomic E-state index is 0.212. The second-order valence-corrected chi connectivity index (χ2v) is 5.91. The van der Waals surface area contributed by atoms with Crippen LogP contribution in [0.5, 0.6) is 5.75 Å². The van der Waals surface area contributed by atoms with Crippen LogP contribution in [-0.4, -0.2) is 12.1 Å². The summed E-state index contributed by atoms with van der Waals surface area (Å²) in [5.74, 6) is 0.601. The van der Waals surface area contributed by atoms with Gasteiger partial charge in [0.05, 0.1) is 7.11 Å². The highest BCUT2D eigenvalue weighted by Crippen LogP contribution is 2.29. The van der Waals surface area contributed by atoms with Crippen LogP contribution in [0.3, 0.4) is 0 Å². The molecule has 1 heterocycles. The van der Waals surface area contributed by atoms with Gasteiger partial charge in [-0.15, -0.1) is 0 Å². The van der Waals surface area contributed by atoms with Gasteiger partial charge in [0, 0.05) is 27.5 Å². The molecule has 1 N–H and O–H groups in total. The molecule has 21 heavy (non-hydrogen) atoms. The van der Waals surface area contributed by atoms with E-state index in [1.54, 1.807) is 19.2 Å². The number of nitrogens with one attached hydrogen (secondary N) is 1. The van der Waals surface area contributed by atoms with Crippen LogP contribution in [0.4, 0.5) is 4.39 Å². The number of methoxy groups -OCH3 is 1. The first kappa shape index (κ1) is 14.1. The number of benzene rings is 2. The second-order valence-electron chi connectivity index (χ2n) is 5.05. The van der Waals surface area contributed by atoms with Crippen molar-refractivity contribution in [3.8, 4) is 5.75 Å². The monoisotopic (exact) mass is 347 g/mol. The van der Waals surface area contributed by atoms with E-state index in [-0.39, 0.29) is 5.82 Å². The fraction of sp³-hybridized carbons (Fsp3) is 0.176. The van der Waals surface area contributed by atoms with Gasteiger partial charge < -0.3 is 9.72 Å². The molecule has 0 aliphatic heterocycles. The molecule has 0 spiro atoms. The summed E-state index contributed by atoms with van der Waals surface area (Å²) in [6.07, 6.45) is 0.736. The molecule has 108 valence electrons. The Morgan fingerprint density at radius 2 is 2.00 bits per heavy atom. The van der Waals surface area contributed by atoms with E-state index in [0.717, 1.165) is 44.4 Å². The average Bonchev–Trinajstić information content (AvgIpc) is 2.77. The van der Waals surface area contributed by atoms with E-state index in [0.29, 0.717) is 0 Å². The van der Waals surface area contributed by atoms with Gasteiger partial charge in [-0.25, -0.2) is 4.39 Å². The molecule has 0 atom stereocenters. The summed E-state index contributed by atoms with van der Waals surface area (Å²) in [5.41, 5.74) is 4.30. The van der Waals surface area contributed by atoms with Crippen molar-refractivity contribution in [2.24, 2.45) is 0 Å². The lowest BCUT2D eigenvalue weighted by molar-refractivity contribution is 0.414. The van der Waals surface area contributed by atoms with Crippen LogP contribution in [0.2, 0.25) is 0 Å². The number of hydrogen-bond donors (Lipinski definition) is 1. The third kappa shape index (κ3) is 2.68. The van der Waals surface area contributed by atoms with Gasteiger partial charge in [-0.1, -0.05) is 22.0 Å². The Morgan fingerprint density at radius 3 is 2.71 bits per heavy atom. The number of ether oxygens (including phenoxy) is 1. The molecule has 0 bridgehead atoms. The maximum Gasteiger partial charge on any atom is 0.123 e. The quantitative estimate of drug-likeness (QED) is 0.710. The lowest BCUT2D eigenvalue weighted by atomic mass is 10.0. The number of halogens is 2. The van der Waals surface area contributed by atoms with Gasteiger partial charge >= 0.3 is 0 Å². The first-order valence-corrected chi connectivity index (χ1v) is 7.47. The molecule has 0 saturated carbocycles. The smallest absolute Gasteiger partial charge is 0.123 e.